The summed E-state index contributed by atoms with van der Waals surface area (Å²) in [5.74, 6) is -1.23. The van der Waals surface area contributed by atoms with Gasteiger partial charge in [0.05, 0.1) is 31.4 Å². The number of nitrogens with one attached hydrogen (secondary N) is 1. The zero-order chi connectivity index (χ0) is 19.9. The first-order chi connectivity index (χ1) is 13.6. The van der Waals surface area contributed by atoms with Crippen molar-refractivity contribution in [2.45, 2.75) is 0 Å². The third-order valence-corrected chi connectivity index (χ3v) is 4.85. The first-order valence-electron chi connectivity index (χ1n) is 9.25. The van der Waals surface area contributed by atoms with Gasteiger partial charge >= 0.3 is 11.8 Å². The van der Waals surface area contributed by atoms with E-state index in [-0.39, 0.29) is 5.91 Å². The lowest BCUT2D eigenvalue weighted by molar-refractivity contribution is -0.145. The fraction of sp³-hybridized carbons (Fsp3) is 0.474. The first kappa shape index (κ1) is 19.8. The van der Waals surface area contributed by atoms with Crippen molar-refractivity contribution in [1.82, 2.24) is 14.7 Å². The summed E-state index contributed by atoms with van der Waals surface area (Å²) in [6, 6.07) is 8.31. The minimum absolute atomic E-state index is 0.0710. The third kappa shape index (κ3) is 5.06. The highest BCUT2D eigenvalue weighted by atomic mass is 16.5. The highest BCUT2D eigenvalue weighted by Gasteiger charge is 2.28. The Bertz CT molecular complexity index is 760. The number of benzene rings is 1. The van der Waals surface area contributed by atoms with Gasteiger partial charge in [-0.25, -0.2) is 0 Å². The largest absolute Gasteiger partial charge is 0.378 e. The van der Waals surface area contributed by atoms with Gasteiger partial charge in [-0.15, -0.1) is 0 Å². The molecule has 2 aliphatic rings. The Hall–Kier alpha value is -2.96. The molecule has 0 atom stereocenters. The van der Waals surface area contributed by atoms with E-state index in [2.05, 4.69) is 5.32 Å². The summed E-state index contributed by atoms with van der Waals surface area (Å²) in [5.41, 5.74) is 0.944. The molecule has 1 aromatic rings. The van der Waals surface area contributed by atoms with E-state index >= 15 is 0 Å². The van der Waals surface area contributed by atoms with Crippen LogP contribution in [0.1, 0.15) is 5.56 Å². The van der Waals surface area contributed by atoms with Crippen LogP contribution in [0.4, 0.5) is 5.69 Å². The number of carbonyl (C=O) groups excluding carboxylic acids is 3. The van der Waals surface area contributed by atoms with Crippen LogP contribution in [0.2, 0.25) is 0 Å². The molecule has 9 nitrogen and oxygen atoms in total. The summed E-state index contributed by atoms with van der Waals surface area (Å²) in [4.78, 5) is 42.1. The van der Waals surface area contributed by atoms with Crippen molar-refractivity contribution in [2.75, 3.05) is 64.3 Å². The third-order valence-electron chi connectivity index (χ3n) is 4.85. The highest BCUT2D eigenvalue weighted by molar-refractivity contribution is 6.39. The topological polar surface area (TPSA) is 106 Å². The lowest BCUT2D eigenvalue weighted by Crippen LogP contribution is -2.54. The Kier molecular flexibility index (Phi) is 6.57. The van der Waals surface area contributed by atoms with Gasteiger partial charge < -0.3 is 19.9 Å². The van der Waals surface area contributed by atoms with Crippen molar-refractivity contribution in [3.63, 3.8) is 0 Å². The van der Waals surface area contributed by atoms with E-state index < -0.39 is 11.8 Å². The molecule has 1 aromatic carbocycles. The summed E-state index contributed by atoms with van der Waals surface area (Å²) in [7, 11) is 0. The molecule has 0 aliphatic carbocycles. The Morgan fingerprint density at radius 2 is 1.61 bits per heavy atom. The maximum absolute atomic E-state index is 12.4. The molecule has 0 bridgehead atoms. The average molecular weight is 385 g/mol. The lowest BCUT2D eigenvalue weighted by Gasteiger charge is -2.35. The van der Waals surface area contributed by atoms with Gasteiger partial charge in [0.25, 0.3) is 0 Å². The molecule has 0 radical (unpaired) electrons. The minimum Gasteiger partial charge on any atom is -0.378 e. The molecule has 9 heteroatoms. The van der Waals surface area contributed by atoms with Crippen molar-refractivity contribution in [3.8, 4) is 6.07 Å². The molecule has 148 valence electrons. The molecule has 2 heterocycles. The summed E-state index contributed by atoms with van der Waals surface area (Å²) in [5, 5.41) is 11.3. The Balaban J connectivity index is 1.44. The summed E-state index contributed by atoms with van der Waals surface area (Å²) < 4.78 is 5.25. The van der Waals surface area contributed by atoms with Crippen molar-refractivity contribution in [1.29, 1.82) is 5.26 Å². The number of morpholine rings is 1. The smallest absolute Gasteiger partial charge is 0.313 e. The number of hydrogen-bond donors (Lipinski definition) is 1. The lowest BCUT2D eigenvalue weighted by atomic mass is 10.2. The summed E-state index contributed by atoms with van der Waals surface area (Å²) >= 11 is 0. The van der Waals surface area contributed by atoms with E-state index in [0.717, 1.165) is 0 Å². The molecule has 2 fully saturated rings. The first-order valence-corrected chi connectivity index (χ1v) is 9.25. The second-order valence-electron chi connectivity index (χ2n) is 6.70. The molecule has 28 heavy (non-hydrogen) atoms. The monoisotopic (exact) mass is 385 g/mol. The Labute approximate surface area is 163 Å². The number of nitriles is 1. The molecule has 2 aliphatic heterocycles. The van der Waals surface area contributed by atoms with Gasteiger partial charge in [-0.2, -0.15) is 5.26 Å². The van der Waals surface area contributed by atoms with Crippen LogP contribution in [0, 0.1) is 11.3 Å². The maximum Gasteiger partial charge on any atom is 0.313 e. The van der Waals surface area contributed by atoms with Crippen LogP contribution in [0.3, 0.4) is 0 Å². The molecule has 3 rings (SSSR count). The zero-order valence-corrected chi connectivity index (χ0v) is 15.6. The van der Waals surface area contributed by atoms with Crippen LogP contribution in [-0.2, 0) is 19.1 Å². The number of amides is 3. The molecular formula is C19H23N5O4. The molecule has 3 amide bonds. The maximum atomic E-state index is 12.4. The van der Waals surface area contributed by atoms with Gasteiger partial charge in [-0.3, -0.25) is 19.3 Å². The van der Waals surface area contributed by atoms with E-state index in [1.165, 1.54) is 4.90 Å². The van der Waals surface area contributed by atoms with E-state index in [1.54, 1.807) is 29.2 Å². The van der Waals surface area contributed by atoms with Crippen molar-refractivity contribution < 1.29 is 19.1 Å². The number of piperazine rings is 1. The summed E-state index contributed by atoms with van der Waals surface area (Å²) in [6.45, 7) is 4.59. The Morgan fingerprint density at radius 1 is 0.964 bits per heavy atom. The molecule has 0 spiro atoms. The second-order valence-corrected chi connectivity index (χ2v) is 6.70. The van der Waals surface area contributed by atoms with Gasteiger partial charge in [0.1, 0.15) is 0 Å². The second kappa shape index (κ2) is 9.30. The standard InChI is InChI=1S/C19H23N5O4/c20-13-15-1-3-16(4-2-15)21-18(26)19(27)24-7-5-22(6-8-24)14-17(25)23-9-11-28-12-10-23/h1-4H,5-12,14H2,(H,21,26). The van der Waals surface area contributed by atoms with Crippen LogP contribution in [-0.4, -0.2) is 91.4 Å². The quantitative estimate of drug-likeness (QED) is 0.703. The van der Waals surface area contributed by atoms with Crippen LogP contribution >= 0.6 is 0 Å². The van der Waals surface area contributed by atoms with Gasteiger partial charge in [0, 0.05) is 45.0 Å². The van der Waals surface area contributed by atoms with Crippen LogP contribution in [0.25, 0.3) is 0 Å². The fourth-order valence-electron chi connectivity index (χ4n) is 3.17. The summed E-state index contributed by atoms with van der Waals surface area (Å²) in [6.07, 6.45) is 0. The number of anilines is 1. The minimum atomic E-state index is -0.706. The Morgan fingerprint density at radius 3 is 2.21 bits per heavy atom. The van der Waals surface area contributed by atoms with Crippen molar-refractivity contribution in [3.05, 3.63) is 29.8 Å². The fourth-order valence-corrected chi connectivity index (χ4v) is 3.17. The van der Waals surface area contributed by atoms with Gasteiger partial charge in [0.2, 0.25) is 5.91 Å². The number of hydrogen-bond acceptors (Lipinski definition) is 6. The number of carbonyl (C=O) groups is 3. The molecule has 0 aromatic heterocycles. The molecule has 0 saturated carbocycles. The molecule has 0 unspecified atom stereocenters. The van der Waals surface area contributed by atoms with E-state index in [4.69, 9.17) is 10.00 Å². The number of rotatable bonds is 3. The van der Waals surface area contributed by atoms with Crippen molar-refractivity contribution in [2.24, 2.45) is 0 Å². The van der Waals surface area contributed by atoms with E-state index in [0.29, 0.717) is 70.3 Å². The number of ether oxygens (including phenoxy) is 1. The van der Waals surface area contributed by atoms with Crippen LogP contribution in [0.15, 0.2) is 24.3 Å². The SMILES string of the molecule is N#Cc1ccc(NC(=O)C(=O)N2CCN(CC(=O)N3CCOCC3)CC2)cc1. The normalized spacial score (nSPS) is 17.7. The van der Waals surface area contributed by atoms with Crippen LogP contribution in [0.5, 0.6) is 0 Å². The van der Waals surface area contributed by atoms with Crippen LogP contribution < -0.4 is 5.32 Å². The van der Waals surface area contributed by atoms with Gasteiger partial charge in [0.15, 0.2) is 0 Å². The predicted molar refractivity (Wildman–Crippen MR) is 100 cm³/mol. The van der Waals surface area contributed by atoms with E-state index in [1.807, 2.05) is 11.0 Å². The molecule has 1 N–H and O–H groups in total. The molecule has 2 saturated heterocycles. The predicted octanol–water partition coefficient (Wildman–Crippen LogP) is -0.500. The zero-order valence-electron chi connectivity index (χ0n) is 15.6. The van der Waals surface area contributed by atoms with Gasteiger partial charge in [-0.1, -0.05) is 0 Å². The van der Waals surface area contributed by atoms with Gasteiger partial charge in [-0.05, 0) is 24.3 Å². The average Bonchev–Trinajstić information content (AvgIpc) is 2.75. The molecular weight excluding hydrogens is 362 g/mol. The van der Waals surface area contributed by atoms with Crippen molar-refractivity contribution >= 4 is 23.4 Å². The number of nitrogens with zero attached hydrogens (tertiary/aromatic N) is 4. The van der Waals surface area contributed by atoms with E-state index in [9.17, 15) is 14.4 Å². The highest BCUT2D eigenvalue weighted by Crippen LogP contribution is 2.10.